The Hall–Kier alpha value is -2.04. The Morgan fingerprint density at radius 1 is 1.50 bits per heavy atom. The minimum Gasteiger partial charge on any atom is -0.504 e. The monoisotopic (exact) mass is 302 g/mol. The maximum atomic E-state index is 12.3. The van der Waals surface area contributed by atoms with Crippen molar-refractivity contribution < 1.29 is 14.6 Å². The molecule has 0 saturated heterocycles. The molecule has 2 N–H and O–H groups in total. The summed E-state index contributed by atoms with van der Waals surface area (Å²) in [6.45, 7) is 2.22. The molecule has 0 aliphatic heterocycles. The second-order valence-electron chi connectivity index (χ2n) is 6.50. The third kappa shape index (κ3) is 2.56. The molecule has 5 nitrogen and oxygen atoms in total. The van der Waals surface area contributed by atoms with Gasteiger partial charge in [0.2, 0.25) is 5.91 Å². The molecular weight excluding hydrogens is 280 g/mol. The molecule has 1 aromatic rings. The first-order valence-corrected chi connectivity index (χ1v) is 7.76. The van der Waals surface area contributed by atoms with Gasteiger partial charge in [0.15, 0.2) is 11.5 Å². The molecule has 0 bridgehead atoms. The van der Waals surface area contributed by atoms with E-state index in [0.717, 1.165) is 18.4 Å². The maximum Gasteiger partial charge on any atom is 0.244 e. The molecule has 2 aliphatic carbocycles. The van der Waals surface area contributed by atoms with Crippen molar-refractivity contribution in [1.29, 1.82) is 0 Å². The number of nitrogens with zero attached hydrogens (tertiary/aromatic N) is 1. The Morgan fingerprint density at radius 2 is 2.32 bits per heavy atom. The van der Waals surface area contributed by atoms with Crippen LogP contribution in [0.4, 0.5) is 0 Å². The number of aromatic hydroxyl groups is 1. The number of amides is 1. The lowest BCUT2D eigenvalue weighted by Gasteiger charge is -2.15. The number of carbonyl (C=O) groups is 1. The van der Waals surface area contributed by atoms with Crippen LogP contribution in [0.3, 0.4) is 0 Å². The van der Waals surface area contributed by atoms with E-state index in [9.17, 15) is 9.90 Å². The normalized spacial score (nSPS) is 29.9. The molecule has 22 heavy (non-hydrogen) atoms. The van der Waals surface area contributed by atoms with Crippen molar-refractivity contribution in [3.63, 3.8) is 0 Å². The summed E-state index contributed by atoms with van der Waals surface area (Å²) >= 11 is 0. The van der Waals surface area contributed by atoms with Gasteiger partial charge in [0, 0.05) is 5.92 Å². The SMILES string of the molecule is COc1cc(/C=N\NC(=O)[C@H]2[C@H]3CCCC[C@]32C)ccc1O. The first-order chi connectivity index (χ1) is 10.6. The number of benzene rings is 1. The molecule has 0 aromatic heterocycles. The number of ether oxygens (including phenoxy) is 1. The van der Waals surface area contributed by atoms with Gasteiger partial charge in [-0.05, 0) is 47.9 Å². The van der Waals surface area contributed by atoms with Crippen molar-refractivity contribution in [2.24, 2.45) is 22.4 Å². The summed E-state index contributed by atoms with van der Waals surface area (Å²) in [5.74, 6) is 1.14. The number of fused-ring (bicyclic) bond motifs is 1. The van der Waals surface area contributed by atoms with Gasteiger partial charge in [0.25, 0.3) is 0 Å². The molecule has 2 aliphatic rings. The summed E-state index contributed by atoms with van der Waals surface area (Å²) in [7, 11) is 1.49. The molecule has 0 radical (unpaired) electrons. The standard InChI is InChI=1S/C17H22N2O3/c1-17-8-4-3-5-12(17)15(17)16(21)19-18-10-11-6-7-13(20)14(9-11)22-2/h6-7,9-10,12,15,20H,3-5,8H2,1-2H3,(H,19,21)/b18-10-/t12-,15-,17-/m1/s1. The number of nitrogens with one attached hydrogen (secondary N) is 1. The van der Waals surface area contributed by atoms with E-state index in [1.54, 1.807) is 24.4 Å². The summed E-state index contributed by atoms with van der Waals surface area (Å²) in [5, 5.41) is 13.6. The molecule has 118 valence electrons. The summed E-state index contributed by atoms with van der Waals surface area (Å²) < 4.78 is 5.04. The van der Waals surface area contributed by atoms with E-state index in [1.165, 1.54) is 20.0 Å². The van der Waals surface area contributed by atoms with Crippen LogP contribution in [0.5, 0.6) is 11.5 Å². The van der Waals surface area contributed by atoms with Crippen LogP contribution < -0.4 is 10.2 Å². The van der Waals surface area contributed by atoms with E-state index in [1.807, 2.05) is 0 Å². The third-order valence-corrected chi connectivity index (χ3v) is 5.21. The number of phenolic OH excluding ortho intramolecular Hbond substituents is 1. The highest BCUT2D eigenvalue weighted by Gasteiger charge is 2.64. The van der Waals surface area contributed by atoms with E-state index in [-0.39, 0.29) is 23.0 Å². The van der Waals surface area contributed by atoms with Crippen LogP contribution in [0.2, 0.25) is 0 Å². The zero-order valence-corrected chi connectivity index (χ0v) is 13.0. The number of carbonyl (C=O) groups excluding carboxylic acids is 1. The Morgan fingerprint density at radius 3 is 3.00 bits per heavy atom. The number of phenols is 1. The zero-order chi connectivity index (χ0) is 15.7. The molecule has 0 heterocycles. The minimum atomic E-state index is 0.0244. The fourth-order valence-corrected chi connectivity index (χ4v) is 3.86. The van der Waals surface area contributed by atoms with Gasteiger partial charge in [-0.1, -0.05) is 19.8 Å². The first kappa shape index (κ1) is 14.9. The number of hydrazone groups is 1. The fraction of sp³-hybridized carbons (Fsp3) is 0.529. The van der Waals surface area contributed by atoms with Crippen molar-refractivity contribution >= 4 is 12.1 Å². The second kappa shape index (κ2) is 5.63. The van der Waals surface area contributed by atoms with Crippen molar-refractivity contribution in [1.82, 2.24) is 5.43 Å². The van der Waals surface area contributed by atoms with Crippen LogP contribution in [0, 0.1) is 17.3 Å². The van der Waals surface area contributed by atoms with Gasteiger partial charge in [-0.3, -0.25) is 4.79 Å². The summed E-state index contributed by atoms with van der Waals surface area (Å²) in [4.78, 5) is 12.3. The predicted molar refractivity (Wildman–Crippen MR) is 84.0 cm³/mol. The smallest absolute Gasteiger partial charge is 0.244 e. The van der Waals surface area contributed by atoms with Gasteiger partial charge in [0.05, 0.1) is 13.3 Å². The molecule has 0 spiro atoms. The molecule has 1 amide bonds. The molecule has 1 aromatic carbocycles. The maximum absolute atomic E-state index is 12.3. The molecule has 2 saturated carbocycles. The highest BCUT2D eigenvalue weighted by Crippen LogP contribution is 2.66. The number of hydrogen-bond acceptors (Lipinski definition) is 4. The second-order valence-corrected chi connectivity index (χ2v) is 6.50. The largest absolute Gasteiger partial charge is 0.504 e. The van der Waals surface area contributed by atoms with Crippen LogP contribution in [0.15, 0.2) is 23.3 Å². The predicted octanol–water partition coefficient (Wildman–Crippen LogP) is 2.68. The van der Waals surface area contributed by atoms with Crippen molar-refractivity contribution in [2.75, 3.05) is 7.11 Å². The van der Waals surface area contributed by atoms with Crippen LogP contribution in [-0.2, 0) is 4.79 Å². The van der Waals surface area contributed by atoms with E-state index in [4.69, 9.17) is 4.74 Å². The van der Waals surface area contributed by atoms with Gasteiger partial charge in [0.1, 0.15) is 0 Å². The molecular formula is C17H22N2O3. The lowest BCUT2D eigenvalue weighted by Crippen LogP contribution is -2.22. The summed E-state index contributed by atoms with van der Waals surface area (Å²) in [6.07, 6.45) is 6.34. The lowest BCUT2D eigenvalue weighted by atomic mass is 9.90. The van der Waals surface area contributed by atoms with Crippen molar-refractivity contribution in [3.05, 3.63) is 23.8 Å². The molecule has 0 unspecified atom stereocenters. The Labute approximate surface area is 130 Å². The zero-order valence-electron chi connectivity index (χ0n) is 13.0. The van der Waals surface area contributed by atoms with Gasteiger partial charge < -0.3 is 9.84 Å². The third-order valence-electron chi connectivity index (χ3n) is 5.21. The van der Waals surface area contributed by atoms with Gasteiger partial charge in [-0.2, -0.15) is 5.10 Å². The first-order valence-electron chi connectivity index (χ1n) is 7.76. The number of methoxy groups -OCH3 is 1. The molecule has 3 atom stereocenters. The van der Waals surface area contributed by atoms with E-state index < -0.39 is 0 Å². The van der Waals surface area contributed by atoms with Crippen molar-refractivity contribution in [3.8, 4) is 11.5 Å². The Kier molecular flexibility index (Phi) is 3.81. The van der Waals surface area contributed by atoms with Crippen LogP contribution in [0.1, 0.15) is 38.2 Å². The molecule has 5 heteroatoms. The Balaban J connectivity index is 1.59. The molecule has 3 rings (SSSR count). The Bertz CT molecular complexity index is 614. The van der Waals surface area contributed by atoms with Crippen LogP contribution >= 0.6 is 0 Å². The lowest BCUT2D eigenvalue weighted by molar-refractivity contribution is -0.123. The quantitative estimate of drug-likeness (QED) is 0.663. The number of rotatable bonds is 4. The average Bonchev–Trinajstić information content (AvgIpc) is 3.14. The average molecular weight is 302 g/mol. The van der Waals surface area contributed by atoms with E-state index >= 15 is 0 Å². The van der Waals surface area contributed by atoms with E-state index in [0.29, 0.717) is 11.7 Å². The van der Waals surface area contributed by atoms with Gasteiger partial charge in [-0.25, -0.2) is 5.43 Å². The highest BCUT2D eigenvalue weighted by molar-refractivity contribution is 5.86. The summed E-state index contributed by atoms with van der Waals surface area (Å²) in [6, 6.07) is 4.92. The highest BCUT2D eigenvalue weighted by atomic mass is 16.5. The topological polar surface area (TPSA) is 70.9 Å². The van der Waals surface area contributed by atoms with E-state index in [2.05, 4.69) is 17.5 Å². The van der Waals surface area contributed by atoms with Crippen molar-refractivity contribution in [2.45, 2.75) is 32.6 Å². The minimum absolute atomic E-state index is 0.0244. The fourth-order valence-electron chi connectivity index (χ4n) is 3.86. The summed E-state index contributed by atoms with van der Waals surface area (Å²) in [5.41, 5.74) is 3.61. The number of hydrogen-bond donors (Lipinski definition) is 2. The van der Waals surface area contributed by atoms with Gasteiger partial charge >= 0.3 is 0 Å². The van der Waals surface area contributed by atoms with Crippen LogP contribution in [-0.4, -0.2) is 24.3 Å². The van der Waals surface area contributed by atoms with Crippen LogP contribution in [0.25, 0.3) is 0 Å². The molecule has 2 fully saturated rings. The van der Waals surface area contributed by atoms with Gasteiger partial charge in [-0.15, -0.1) is 0 Å².